The molecule has 0 unspecified atom stereocenters. The number of methoxy groups -OCH3 is 1. The second kappa shape index (κ2) is 5.91. The average Bonchev–Trinajstić information content (AvgIpc) is 2.84. The SMILES string of the molecule is COCCn1cc(Nc2ccc([N+](=O)[O-])nc2)cn1. The van der Waals surface area contributed by atoms with Crippen LogP contribution in [-0.2, 0) is 11.3 Å². The molecule has 2 aromatic rings. The second-order valence-corrected chi connectivity index (χ2v) is 3.77. The Morgan fingerprint density at radius 3 is 2.89 bits per heavy atom. The van der Waals surface area contributed by atoms with Crippen molar-refractivity contribution in [1.29, 1.82) is 0 Å². The Labute approximate surface area is 109 Å². The summed E-state index contributed by atoms with van der Waals surface area (Å²) in [5.74, 6) is -0.179. The highest BCUT2D eigenvalue weighted by molar-refractivity contribution is 5.57. The van der Waals surface area contributed by atoms with Crippen LogP contribution in [0.3, 0.4) is 0 Å². The van der Waals surface area contributed by atoms with Crippen molar-refractivity contribution >= 4 is 17.2 Å². The lowest BCUT2D eigenvalue weighted by atomic mass is 10.4. The monoisotopic (exact) mass is 263 g/mol. The normalized spacial score (nSPS) is 10.4. The molecule has 0 radical (unpaired) electrons. The Balaban J connectivity index is 2.00. The zero-order valence-corrected chi connectivity index (χ0v) is 10.3. The quantitative estimate of drug-likeness (QED) is 0.628. The highest BCUT2D eigenvalue weighted by Crippen LogP contribution is 2.16. The molecule has 0 spiro atoms. The van der Waals surface area contributed by atoms with Crippen molar-refractivity contribution in [2.24, 2.45) is 0 Å². The van der Waals surface area contributed by atoms with Crippen molar-refractivity contribution in [1.82, 2.24) is 14.8 Å². The van der Waals surface area contributed by atoms with Crippen LogP contribution < -0.4 is 5.32 Å². The summed E-state index contributed by atoms with van der Waals surface area (Å²) in [6.07, 6.45) is 4.89. The minimum atomic E-state index is -0.535. The summed E-state index contributed by atoms with van der Waals surface area (Å²) < 4.78 is 6.69. The maximum Gasteiger partial charge on any atom is 0.363 e. The van der Waals surface area contributed by atoms with Crippen molar-refractivity contribution in [3.05, 3.63) is 40.8 Å². The number of nitrogens with zero attached hydrogens (tertiary/aromatic N) is 4. The van der Waals surface area contributed by atoms with Crippen molar-refractivity contribution < 1.29 is 9.66 Å². The molecule has 100 valence electrons. The molecule has 2 heterocycles. The van der Waals surface area contributed by atoms with Crippen molar-refractivity contribution in [2.75, 3.05) is 19.0 Å². The van der Waals surface area contributed by atoms with Gasteiger partial charge in [0.15, 0.2) is 6.20 Å². The number of hydrogen-bond donors (Lipinski definition) is 1. The van der Waals surface area contributed by atoms with Gasteiger partial charge in [-0.3, -0.25) is 4.68 Å². The van der Waals surface area contributed by atoms with Crippen LogP contribution >= 0.6 is 0 Å². The molecule has 8 heteroatoms. The number of pyridine rings is 1. The van der Waals surface area contributed by atoms with E-state index in [4.69, 9.17) is 4.74 Å². The Bertz CT molecular complexity index is 552. The molecule has 2 aromatic heterocycles. The summed E-state index contributed by atoms with van der Waals surface area (Å²) in [6, 6.07) is 2.94. The first kappa shape index (κ1) is 13.0. The molecule has 0 aliphatic carbocycles. The van der Waals surface area contributed by atoms with E-state index in [1.54, 1.807) is 24.1 Å². The van der Waals surface area contributed by atoms with Gasteiger partial charge in [0.05, 0.1) is 30.7 Å². The average molecular weight is 263 g/mol. The number of hydrogen-bond acceptors (Lipinski definition) is 6. The van der Waals surface area contributed by atoms with Crippen LogP contribution in [0.2, 0.25) is 0 Å². The number of nitro groups is 1. The number of aromatic nitrogens is 3. The fraction of sp³-hybridized carbons (Fsp3) is 0.273. The molecule has 0 amide bonds. The highest BCUT2D eigenvalue weighted by Gasteiger charge is 2.06. The fourth-order valence-electron chi connectivity index (χ4n) is 1.47. The lowest BCUT2D eigenvalue weighted by Crippen LogP contribution is -2.03. The molecule has 0 saturated carbocycles. The second-order valence-electron chi connectivity index (χ2n) is 3.77. The lowest BCUT2D eigenvalue weighted by Gasteiger charge is -2.01. The van der Waals surface area contributed by atoms with E-state index in [0.717, 1.165) is 5.69 Å². The van der Waals surface area contributed by atoms with Crippen molar-refractivity contribution in [2.45, 2.75) is 6.54 Å². The van der Waals surface area contributed by atoms with Crippen LogP contribution in [0.25, 0.3) is 0 Å². The molecule has 1 N–H and O–H groups in total. The van der Waals surface area contributed by atoms with Crippen LogP contribution in [0.5, 0.6) is 0 Å². The molecule has 8 nitrogen and oxygen atoms in total. The van der Waals surface area contributed by atoms with Gasteiger partial charge in [0, 0.05) is 19.4 Å². The minimum absolute atomic E-state index is 0.179. The van der Waals surface area contributed by atoms with Gasteiger partial charge in [-0.25, -0.2) is 0 Å². The van der Waals surface area contributed by atoms with E-state index in [0.29, 0.717) is 18.8 Å². The van der Waals surface area contributed by atoms with Gasteiger partial charge in [-0.2, -0.15) is 5.10 Å². The minimum Gasteiger partial charge on any atom is -0.383 e. The van der Waals surface area contributed by atoms with Gasteiger partial charge in [-0.15, -0.1) is 0 Å². The van der Waals surface area contributed by atoms with Gasteiger partial charge in [0.25, 0.3) is 0 Å². The molecule has 0 aliphatic rings. The third-order valence-electron chi connectivity index (χ3n) is 2.38. The molecule has 19 heavy (non-hydrogen) atoms. The fourth-order valence-corrected chi connectivity index (χ4v) is 1.47. The standard InChI is InChI=1S/C11H13N5O3/c1-19-5-4-15-8-10(7-13-15)14-9-2-3-11(12-6-9)16(17)18/h2-3,6-8,14H,4-5H2,1H3. The van der Waals surface area contributed by atoms with Gasteiger partial charge in [0.1, 0.15) is 0 Å². The molecule has 0 bridgehead atoms. The molecule has 0 saturated heterocycles. The van der Waals surface area contributed by atoms with E-state index in [9.17, 15) is 10.1 Å². The third-order valence-corrected chi connectivity index (χ3v) is 2.38. The predicted molar refractivity (Wildman–Crippen MR) is 68.3 cm³/mol. The molecular formula is C11H13N5O3. The van der Waals surface area contributed by atoms with E-state index < -0.39 is 4.92 Å². The van der Waals surface area contributed by atoms with Gasteiger partial charge in [0.2, 0.25) is 0 Å². The molecule has 0 aliphatic heterocycles. The summed E-state index contributed by atoms with van der Waals surface area (Å²) in [6.45, 7) is 1.25. The van der Waals surface area contributed by atoms with Gasteiger partial charge in [-0.05, 0) is 16.0 Å². The molecule has 0 aromatic carbocycles. The van der Waals surface area contributed by atoms with Gasteiger partial charge >= 0.3 is 5.82 Å². The summed E-state index contributed by atoms with van der Waals surface area (Å²) in [4.78, 5) is 13.7. The maximum absolute atomic E-state index is 10.5. The Morgan fingerprint density at radius 1 is 1.42 bits per heavy atom. The molecule has 0 atom stereocenters. The highest BCUT2D eigenvalue weighted by atomic mass is 16.6. The number of nitrogens with one attached hydrogen (secondary N) is 1. The largest absolute Gasteiger partial charge is 0.383 e. The van der Waals surface area contributed by atoms with Crippen LogP contribution in [-0.4, -0.2) is 33.4 Å². The van der Waals surface area contributed by atoms with E-state index >= 15 is 0 Å². The summed E-state index contributed by atoms with van der Waals surface area (Å²) in [5.41, 5.74) is 1.45. The third kappa shape index (κ3) is 3.49. The van der Waals surface area contributed by atoms with E-state index in [1.165, 1.54) is 12.3 Å². The lowest BCUT2D eigenvalue weighted by molar-refractivity contribution is -0.389. The van der Waals surface area contributed by atoms with E-state index in [2.05, 4.69) is 15.4 Å². The van der Waals surface area contributed by atoms with E-state index in [-0.39, 0.29) is 5.82 Å². The van der Waals surface area contributed by atoms with Gasteiger partial charge < -0.3 is 20.2 Å². The van der Waals surface area contributed by atoms with E-state index in [1.807, 2.05) is 6.20 Å². The Hall–Kier alpha value is -2.48. The zero-order valence-electron chi connectivity index (χ0n) is 10.3. The van der Waals surface area contributed by atoms with Crippen LogP contribution in [0.1, 0.15) is 0 Å². The summed E-state index contributed by atoms with van der Waals surface area (Å²) >= 11 is 0. The van der Waals surface area contributed by atoms with Gasteiger partial charge in [-0.1, -0.05) is 0 Å². The first-order chi connectivity index (χ1) is 9.19. The number of anilines is 2. The topological polar surface area (TPSA) is 95.1 Å². The van der Waals surface area contributed by atoms with Crippen LogP contribution in [0.15, 0.2) is 30.7 Å². The van der Waals surface area contributed by atoms with Crippen LogP contribution in [0, 0.1) is 10.1 Å². The Morgan fingerprint density at radius 2 is 2.26 bits per heavy atom. The number of ether oxygens (including phenoxy) is 1. The molecule has 2 rings (SSSR count). The summed E-state index contributed by atoms with van der Waals surface area (Å²) in [5, 5.41) is 17.7. The zero-order chi connectivity index (χ0) is 13.7. The first-order valence-electron chi connectivity index (χ1n) is 5.58. The number of rotatable bonds is 6. The molecule has 0 fully saturated rings. The maximum atomic E-state index is 10.5. The smallest absolute Gasteiger partial charge is 0.363 e. The summed E-state index contributed by atoms with van der Waals surface area (Å²) in [7, 11) is 1.63. The predicted octanol–water partition coefficient (Wildman–Crippen LogP) is 1.58. The van der Waals surface area contributed by atoms with Crippen molar-refractivity contribution in [3.63, 3.8) is 0 Å². The van der Waals surface area contributed by atoms with Crippen molar-refractivity contribution in [3.8, 4) is 0 Å². The molecular weight excluding hydrogens is 250 g/mol. The first-order valence-corrected chi connectivity index (χ1v) is 5.58. The van der Waals surface area contributed by atoms with Crippen LogP contribution in [0.4, 0.5) is 17.2 Å². The Kier molecular flexibility index (Phi) is 4.04.